The van der Waals surface area contributed by atoms with E-state index in [9.17, 15) is 4.79 Å². The quantitative estimate of drug-likeness (QED) is 0.815. The van der Waals surface area contributed by atoms with Gasteiger partial charge in [-0.3, -0.25) is 4.79 Å². The molecule has 0 aliphatic carbocycles. The van der Waals surface area contributed by atoms with E-state index >= 15 is 0 Å². The van der Waals surface area contributed by atoms with E-state index in [1.165, 1.54) is 4.90 Å². The van der Waals surface area contributed by atoms with Gasteiger partial charge in [-0.25, -0.2) is 0 Å². The maximum Gasteiger partial charge on any atom is 0.273 e. The monoisotopic (exact) mass is 265 g/mol. The topological polar surface area (TPSA) is 75.3 Å². The summed E-state index contributed by atoms with van der Waals surface area (Å²) < 4.78 is 0. The van der Waals surface area contributed by atoms with Crippen LogP contribution in [0.1, 0.15) is 24.3 Å². The zero-order valence-electron chi connectivity index (χ0n) is 12.1. The second-order valence-electron chi connectivity index (χ2n) is 4.86. The molecule has 1 aromatic rings. The normalized spacial score (nSPS) is 12.1. The predicted molar refractivity (Wildman–Crippen MR) is 76.2 cm³/mol. The third-order valence-electron chi connectivity index (χ3n) is 2.92. The maximum atomic E-state index is 11.7. The molecule has 1 amide bonds. The Balaban J connectivity index is 2.81. The van der Waals surface area contributed by atoms with E-state index in [-0.39, 0.29) is 5.91 Å². The van der Waals surface area contributed by atoms with Crippen molar-refractivity contribution in [1.29, 1.82) is 0 Å². The minimum absolute atomic E-state index is 0.141. The molecule has 1 atom stereocenters. The molecule has 1 aromatic heterocycles. The highest BCUT2D eigenvalue weighted by molar-refractivity contribution is 5.91. The van der Waals surface area contributed by atoms with Gasteiger partial charge in [-0.1, -0.05) is 6.92 Å². The molecule has 0 aliphatic heterocycles. The summed E-state index contributed by atoms with van der Waals surface area (Å²) in [6, 6.07) is 3.54. The van der Waals surface area contributed by atoms with Gasteiger partial charge in [-0.2, -0.15) is 0 Å². The van der Waals surface area contributed by atoms with Gasteiger partial charge in [-0.05, 0) is 31.5 Å². The summed E-state index contributed by atoms with van der Waals surface area (Å²) in [5.41, 5.74) is 6.00. The third kappa shape index (κ3) is 4.17. The van der Waals surface area contributed by atoms with Crippen LogP contribution in [-0.4, -0.2) is 54.7 Å². The van der Waals surface area contributed by atoms with Crippen molar-refractivity contribution < 1.29 is 4.79 Å². The molecule has 6 heteroatoms. The fraction of sp³-hybridized carbons (Fsp3) is 0.615. The standard InChI is InChI=1S/C13H23N5O/c1-5-18(9-10(2)8-14)12-7-6-11(15-16-12)13(19)17(3)4/h6-7,10H,5,8-9,14H2,1-4H3. The van der Waals surface area contributed by atoms with Gasteiger partial charge in [0.25, 0.3) is 5.91 Å². The number of nitrogens with zero attached hydrogens (tertiary/aromatic N) is 4. The molecule has 1 heterocycles. The van der Waals surface area contributed by atoms with Crippen LogP contribution in [0.5, 0.6) is 0 Å². The molecular formula is C13H23N5O. The highest BCUT2D eigenvalue weighted by Crippen LogP contribution is 2.12. The van der Waals surface area contributed by atoms with Gasteiger partial charge >= 0.3 is 0 Å². The summed E-state index contributed by atoms with van der Waals surface area (Å²) >= 11 is 0. The molecule has 2 N–H and O–H groups in total. The molecule has 0 aromatic carbocycles. The smallest absolute Gasteiger partial charge is 0.273 e. The minimum Gasteiger partial charge on any atom is -0.355 e. The van der Waals surface area contributed by atoms with Crippen molar-refractivity contribution >= 4 is 11.7 Å². The van der Waals surface area contributed by atoms with Crippen LogP contribution in [0.4, 0.5) is 5.82 Å². The van der Waals surface area contributed by atoms with Crippen molar-refractivity contribution in [2.24, 2.45) is 11.7 Å². The van der Waals surface area contributed by atoms with Gasteiger partial charge in [0.1, 0.15) is 0 Å². The lowest BCUT2D eigenvalue weighted by Crippen LogP contribution is -2.32. The van der Waals surface area contributed by atoms with Crippen molar-refractivity contribution in [3.63, 3.8) is 0 Å². The lowest BCUT2D eigenvalue weighted by Gasteiger charge is -2.24. The van der Waals surface area contributed by atoms with Gasteiger partial charge in [0.05, 0.1) is 0 Å². The van der Waals surface area contributed by atoms with Gasteiger partial charge in [0.15, 0.2) is 11.5 Å². The molecule has 0 aliphatic rings. The Kier molecular flexibility index (Phi) is 5.69. The van der Waals surface area contributed by atoms with Crippen molar-refractivity contribution in [3.05, 3.63) is 17.8 Å². The summed E-state index contributed by atoms with van der Waals surface area (Å²) in [6.07, 6.45) is 0. The van der Waals surface area contributed by atoms with Crippen molar-refractivity contribution in [1.82, 2.24) is 15.1 Å². The fourth-order valence-corrected chi connectivity index (χ4v) is 1.67. The second-order valence-corrected chi connectivity index (χ2v) is 4.86. The first-order chi connectivity index (χ1) is 8.99. The van der Waals surface area contributed by atoms with Crippen LogP contribution in [0.2, 0.25) is 0 Å². The van der Waals surface area contributed by atoms with Crippen LogP contribution in [0.25, 0.3) is 0 Å². The van der Waals surface area contributed by atoms with Gasteiger partial charge in [0, 0.05) is 27.2 Å². The Bertz CT molecular complexity index is 404. The molecule has 1 unspecified atom stereocenters. The first-order valence-corrected chi connectivity index (χ1v) is 6.50. The van der Waals surface area contributed by atoms with E-state index in [4.69, 9.17) is 5.73 Å². The molecule has 19 heavy (non-hydrogen) atoms. The Morgan fingerprint density at radius 3 is 2.47 bits per heavy atom. The van der Waals surface area contributed by atoms with Crippen LogP contribution in [0, 0.1) is 5.92 Å². The number of carbonyl (C=O) groups excluding carboxylic acids is 1. The Morgan fingerprint density at radius 1 is 1.37 bits per heavy atom. The van der Waals surface area contributed by atoms with Crippen LogP contribution < -0.4 is 10.6 Å². The molecular weight excluding hydrogens is 242 g/mol. The first-order valence-electron chi connectivity index (χ1n) is 6.50. The number of carbonyl (C=O) groups is 1. The zero-order chi connectivity index (χ0) is 14.4. The molecule has 6 nitrogen and oxygen atoms in total. The van der Waals surface area contributed by atoms with Gasteiger partial charge in [0.2, 0.25) is 0 Å². The molecule has 0 radical (unpaired) electrons. The number of rotatable bonds is 6. The summed E-state index contributed by atoms with van der Waals surface area (Å²) in [4.78, 5) is 15.3. The van der Waals surface area contributed by atoms with Crippen LogP contribution >= 0.6 is 0 Å². The number of aromatic nitrogens is 2. The van der Waals surface area contributed by atoms with Gasteiger partial charge in [-0.15, -0.1) is 10.2 Å². The molecule has 0 spiro atoms. The summed E-state index contributed by atoms with van der Waals surface area (Å²) in [5, 5.41) is 8.12. The second kappa shape index (κ2) is 7.04. The molecule has 0 saturated carbocycles. The fourth-order valence-electron chi connectivity index (χ4n) is 1.67. The highest BCUT2D eigenvalue weighted by atomic mass is 16.2. The Morgan fingerprint density at radius 2 is 2.05 bits per heavy atom. The molecule has 0 fully saturated rings. The Labute approximate surface area is 114 Å². The molecule has 1 rings (SSSR count). The number of hydrogen-bond acceptors (Lipinski definition) is 5. The van der Waals surface area contributed by atoms with Crippen molar-refractivity contribution in [2.45, 2.75) is 13.8 Å². The third-order valence-corrected chi connectivity index (χ3v) is 2.92. The largest absolute Gasteiger partial charge is 0.355 e. The van der Waals surface area contributed by atoms with E-state index in [0.717, 1.165) is 18.9 Å². The number of amides is 1. The number of anilines is 1. The SMILES string of the molecule is CCN(CC(C)CN)c1ccc(C(=O)N(C)C)nn1. The minimum atomic E-state index is -0.141. The summed E-state index contributed by atoms with van der Waals surface area (Å²) in [5.74, 6) is 1.03. The average Bonchev–Trinajstić information content (AvgIpc) is 2.43. The summed E-state index contributed by atoms with van der Waals surface area (Å²) in [6.45, 7) is 6.47. The predicted octanol–water partition coefficient (Wildman–Crippen LogP) is 0.600. The van der Waals surface area contributed by atoms with E-state index in [0.29, 0.717) is 18.2 Å². The van der Waals surface area contributed by atoms with Crippen molar-refractivity contribution in [2.75, 3.05) is 38.6 Å². The lowest BCUT2D eigenvalue weighted by atomic mass is 10.1. The van der Waals surface area contributed by atoms with Crippen LogP contribution in [0.3, 0.4) is 0 Å². The van der Waals surface area contributed by atoms with E-state index in [1.807, 2.05) is 6.07 Å². The maximum absolute atomic E-state index is 11.7. The van der Waals surface area contributed by atoms with Crippen molar-refractivity contribution in [3.8, 4) is 0 Å². The summed E-state index contributed by atoms with van der Waals surface area (Å²) in [7, 11) is 3.39. The molecule has 0 saturated heterocycles. The highest BCUT2D eigenvalue weighted by Gasteiger charge is 2.13. The molecule has 106 valence electrons. The zero-order valence-corrected chi connectivity index (χ0v) is 12.1. The lowest BCUT2D eigenvalue weighted by molar-refractivity contribution is 0.0821. The number of hydrogen-bond donors (Lipinski definition) is 1. The number of nitrogens with two attached hydrogens (primary N) is 1. The Hall–Kier alpha value is -1.69. The van der Waals surface area contributed by atoms with E-state index in [2.05, 4.69) is 28.9 Å². The van der Waals surface area contributed by atoms with E-state index in [1.54, 1.807) is 20.2 Å². The van der Waals surface area contributed by atoms with Gasteiger partial charge < -0.3 is 15.5 Å². The first kappa shape index (κ1) is 15.4. The van der Waals surface area contributed by atoms with E-state index < -0.39 is 0 Å². The molecule has 0 bridgehead atoms. The van der Waals surface area contributed by atoms with Crippen LogP contribution in [0.15, 0.2) is 12.1 Å². The average molecular weight is 265 g/mol. The van der Waals surface area contributed by atoms with Crippen LogP contribution in [-0.2, 0) is 0 Å².